The van der Waals surface area contributed by atoms with Gasteiger partial charge in [-0.2, -0.15) is 0 Å². The van der Waals surface area contributed by atoms with Crippen molar-refractivity contribution >= 4 is 24.9 Å². The molecule has 0 spiro atoms. The van der Waals surface area contributed by atoms with Gasteiger partial charge in [-0.15, -0.1) is 0 Å². The van der Waals surface area contributed by atoms with Crippen LogP contribution in [0.5, 0.6) is 0 Å². The third kappa shape index (κ3) is 6.79. The Morgan fingerprint density at radius 3 is 2.03 bits per heavy atom. The van der Waals surface area contributed by atoms with Gasteiger partial charge < -0.3 is 14.4 Å². The van der Waals surface area contributed by atoms with E-state index >= 15 is 0 Å². The number of carbonyl (C=O) groups is 1. The van der Waals surface area contributed by atoms with Crippen molar-refractivity contribution in [1.82, 2.24) is 10.2 Å². The maximum absolute atomic E-state index is 13.0. The Bertz CT molecular complexity index is 857. The molecule has 1 rings (SSSR count). The highest BCUT2D eigenvalue weighted by atomic mass is 31.2. The van der Waals surface area contributed by atoms with Gasteiger partial charge >= 0.3 is 7.60 Å². The number of hydrogen-bond acceptors (Lipinski definition) is 9. The number of non-ortho nitro benzene ring substituents is 2. The van der Waals surface area contributed by atoms with Gasteiger partial charge in [0.15, 0.2) is 0 Å². The van der Waals surface area contributed by atoms with Crippen molar-refractivity contribution in [1.29, 1.82) is 0 Å². The average molecular weight is 460 g/mol. The van der Waals surface area contributed by atoms with E-state index in [9.17, 15) is 29.6 Å². The first-order chi connectivity index (χ1) is 14.1. The van der Waals surface area contributed by atoms with E-state index in [-0.39, 0.29) is 12.1 Å². The molecule has 1 amide bonds. The van der Waals surface area contributed by atoms with Gasteiger partial charge in [0.05, 0.1) is 27.6 Å². The number of nitro benzene ring substituents is 2. The molecule has 0 saturated heterocycles. The van der Waals surface area contributed by atoms with Crippen molar-refractivity contribution in [2.45, 2.75) is 39.6 Å². The van der Waals surface area contributed by atoms with Crippen LogP contribution in [0, 0.1) is 25.6 Å². The lowest BCUT2D eigenvalue weighted by Gasteiger charge is -2.36. The third-order valence-corrected chi connectivity index (χ3v) is 7.65. The minimum Gasteiger partial charge on any atom is -0.351 e. The largest absolute Gasteiger partial charge is 0.351 e. The van der Waals surface area contributed by atoms with E-state index in [1.165, 1.54) is 7.11 Å². The summed E-state index contributed by atoms with van der Waals surface area (Å²) in [7, 11) is 1.31. The van der Waals surface area contributed by atoms with Crippen molar-refractivity contribution in [3.63, 3.8) is 0 Å². The second kappa shape index (κ2) is 10.3. The third-order valence-electron chi connectivity index (χ3n) is 5.16. The molecule has 31 heavy (non-hydrogen) atoms. The van der Waals surface area contributed by atoms with Crippen LogP contribution in [0.25, 0.3) is 0 Å². The molecule has 3 atom stereocenters. The molecule has 13 heteroatoms. The molecule has 0 heterocycles. The molecule has 1 aromatic carbocycles. The summed E-state index contributed by atoms with van der Waals surface area (Å²) >= 11 is 0. The lowest BCUT2D eigenvalue weighted by atomic mass is 9.87. The lowest BCUT2D eigenvalue weighted by molar-refractivity contribution is -0.394. The van der Waals surface area contributed by atoms with Crippen molar-refractivity contribution in [3.05, 3.63) is 44.0 Å². The number of nitrogens with one attached hydrogen (secondary N) is 1. The van der Waals surface area contributed by atoms with Gasteiger partial charge in [-0.1, -0.05) is 13.8 Å². The fourth-order valence-electron chi connectivity index (χ4n) is 2.42. The molecule has 0 aliphatic rings. The SMILES string of the molecule is COP(=O)(O[C@@H](C)C(C)(C)CNC(=O)c1cc([N+](=O)[O-])cc([N+](=O)[O-])c1)C(C)N(C)C. The predicted octanol–water partition coefficient (Wildman–Crippen LogP) is 3.41. The minimum absolute atomic E-state index is 0.0452. The Balaban J connectivity index is 2.98. The molecule has 174 valence electrons. The number of nitro groups is 2. The summed E-state index contributed by atoms with van der Waals surface area (Å²) < 4.78 is 24.0. The quantitative estimate of drug-likeness (QED) is 0.297. The molecule has 0 aliphatic heterocycles. The second-order valence-corrected chi connectivity index (χ2v) is 10.4. The van der Waals surface area contributed by atoms with Crippen molar-refractivity contribution in [2.24, 2.45) is 5.41 Å². The van der Waals surface area contributed by atoms with Crippen LogP contribution in [0.1, 0.15) is 38.1 Å². The Kier molecular flexibility index (Phi) is 8.83. The number of nitrogens with zero attached hydrogens (tertiary/aromatic N) is 3. The maximum Gasteiger partial charge on any atom is 0.347 e. The number of hydrogen-bond donors (Lipinski definition) is 1. The zero-order valence-electron chi connectivity index (χ0n) is 18.6. The van der Waals surface area contributed by atoms with Crippen LogP contribution >= 0.6 is 7.60 Å². The monoisotopic (exact) mass is 460 g/mol. The van der Waals surface area contributed by atoms with E-state index in [0.29, 0.717) is 0 Å². The van der Waals surface area contributed by atoms with Crippen molar-refractivity contribution in [2.75, 3.05) is 27.7 Å². The molecule has 1 N–H and O–H groups in total. The number of benzene rings is 1. The average Bonchev–Trinajstić information content (AvgIpc) is 2.70. The molecule has 12 nitrogen and oxygen atoms in total. The van der Waals surface area contributed by atoms with E-state index in [2.05, 4.69) is 5.32 Å². The zero-order chi connectivity index (χ0) is 24.1. The highest BCUT2D eigenvalue weighted by Gasteiger charge is 2.39. The van der Waals surface area contributed by atoms with E-state index in [0.717, 1.165) is 18.2 Å². The molecule has 0 fully saturated rings. The van der Waals surface area contributed by atoms with Gasteiger partial charge in [0.25, 0.3) is 17.3 Å². The van der Waals surface area contributed by atoms with Crippen LogP contribution in [-0.4, -0.2) is 60.3 Å². The first-order valence-electron chi connectivity index (χ1n) is 9.37. The van der Waals surface area contributed by atoms with E-state index in [4.69, 9.17) is 9.05 Å². The minimum atomic E-state index is -3.48. The summed E-state index contributed by atoms with van der Waals surface area (Å²) in [4.78, 5) is 34.6. The molecule has 0 saturated carbocycles. The smallest absolute Gasteiger partial charge is 0.347 e. The zero-order valence-corrected chi connectivity index (χ0v) is 19.5. The summed E-state index contributed by atoms with van der Waals surface area (Å²) in [6.45, 7) is 6.99. The van der Waals surface area contributed by atoms with Crippen LogP contribution in [0.2, 0.25) is 0 Å². The molecular weight excluding hydrogens is 431 g/mol. The molecular formula is C18H29N4O8P. The fourth-order valence-corrected chi connectivity index (χ4v) is 4.28. The van der Waals surface area contributed by atoms with Crippen LogP contribution in [0.15, 0.2) is 18.2 Å². The Morgan fingerprint density at radius 1 is 1.16 bits per heavy atom. The summed E-state index contributed by atoms with van der Waals surface area (Å²) in [5.74, 6) is -1.22. The highest BCUT2D eigenvalue weighted by Crippen LogP contribution is 2.55. The van der Waals surface area contributed by atoms with Crippen LogP contribution in [0.3, 0.4) is 0 Å². The van der Waals surface area contributed by atoms with E-state index < -0.39 is 52.0 Å². The summed E-state index contributed by atoms with van der Waals surface area (Å²) in [5.41, 5.74) is -2.06. The fraction of sp³-hybridized carbons (Fsp3) is 0.611. The van der Waals surface area contributed by atoms with Gasteiger partial charge in [0.2, 0.25) is 0 Å². The highest BCUT2D eigenvalue weighted by molar-refractivity contribution is 7.54. The van der Waals surface area contributed by atoms with Gasteiger partial charge in [0.1, 0.15) is 5.78 Å². The lowest BCUT2D eigenvalue weighted by Crippen LogP contribution is -2.42. The molecule has 0 aromatic heterocycles. The first kappa shape index (κ1) is 26.6. The van der Waals surface area contributed by atoms with Crippen molar-refractivity contribution < 1.29 is 28.3 Å². The van der Waals surface area contributed by atoms with Gasteiger partial charge in [-0.3, -0.25) is 34.5 Å². The Labute approximate surface area is 180 Å². The predicted molar refractivity (Wildman–Crippen MR) is 114 cm³/mol. The number of rotatable bonds is 11. The van der Waals surface area contributed by atoms with Crippen molar-refractivity contribution in [3.8, 4) is 0 Å². The van der Waals surface area contributed by atoms with E-state index in [1.54, 1.807) is 46.7 Å². The van der Waals surface area contributed by atoms with Crippen LogP contribution < -0.4 is 5.32 Å². The van der Waals surface area contributed by atoms with E-state index in [1.807, 2.05) is 0 Å². The van der Waals surface area contributed by atoms with Crippen LogP contribution in [-0.2, 0) is 13.6 Å². The first-order valence-corrected chi connectivity index (χ1v) is 11.0. The summed E-state index contributed by atoms with van der Waals surface area (Å²) in [5, 5.41) is 24.6. The summed E-state index contributed by atoms with van der Waals surface area (Å²) in [6.07, 6.45) is -0.611. The van der Waals surface area contributed by atoms with Gasteiger partial charge in [-0.25, -0.2) is 0 Å². The summed E-state index contributed by atoms with van der Waals surface area (Å²) in [6, 6.07) is 2.71. The maximum atomic E-state index is 13.0. The normalized spacial score (nSPS) is 15.7. The number of amides is 1. The number of carbonyl (C=O) groups excluding carboxylic acids is 1. The second-order valence-electron chi connectivity index (χ2n) is 7.99. The Morgan fingerprint density at radius 2 is 1.65 bits per heavy atom. The molecule has 2 unspecified atom stereocenters. The topological polar surface area (TPSA) is 154 Å². The van der Waals surface area contributed by atoms with Gasteiger partial charge in [-0.05, 0) is 27.9 Å². The standard InChI is InChI=1S/C18H29N4O8P/c1-12(30-31(28,29-7)13(2)20(5)6)18(3,4)11-19-17(23)14-8-15(21(24)25)10-16(9-14)22(26)27/h8-10,12-13H,11H2,1-7H3,(H,19,23)/t12-,13?,31?/m0/s1. The Hall–Kier alpha value is -2.40. The molecule has 1 aromatic rings. The molecule has 0 aliphatic carbocycles. The molecule has 0 radical (unpaired) electrons. The van der Waals surface area contributed by atoms with Gasteiger partial charge in [0, 0.05) is 31.2 Å². The van der Waals surface area contributed by atoms with Crippen LogP contribution in [0.4, 0.5) is 11.4 Å². The molecule has 0 bridgehead atoms.